The van der Waals surface area contributed by atoms with E-state index in [1.54, 1.807) is 24.3 Å². The Labute approximate surface area is 119 Å². The molecule has 0 atom stereocenters. The summed E-state index contributed by atoms with van der Waals surface area (Å²) >= 11 is 0. The van der Waals surface area contributed by atoms with Gasteiger partial charge >= 0.3 is 0 Å². The van der Waals surface area contributed by atoms with E-state index in [1.807, 2.05) is 0 Å². The Kier molecular flexibility index (Phi) is 7.64. The molecule has 0 radical (unpaired) electrons. The van der Waals surface area contributed by atoms with Crippen molar-refractivity contribution in [3.05, 3.63) is 29.8 Å². The molecule has 0 aliphatic rings. The fourth-order valence-corrected chi connectivity index (χ4v) is 1.80. The highest BCUT2D eigenvalue weighted by Crippen LogP contribution is 2.12. The third-order valence-corrected chi connectivity index (χ3v) is 3.00. The number of carbonyl (C=O) groups is 1. The first-order chi connectivity index (χ1) is 9.71. The second-order valence-corrected chi connectivity index (χ2v) is 4.36. The Morgan fingerprint density at radius 2 is 2.05 bits per heavy atom. The molecule has 4 N–H and O–H groups in total. The molecule has 0 fully saturated rings. The third-order valence-electron chi connectivity index (χ3n) is 3.00. The van der Waals surface area contributed by atoms with Crippen molar-refractivity contribution in [1.29, 1.82) is 0 Å². The molecular formula is C14H23N3O3. The van der Waals surface area contributed by atoms with E-state index in [2.05, 4.69) is 17.2 Å². The number of nitrogens with zero attached hydrogens (tertiary/aromatic N) is 1. The minimum absolute atomic E-state index is 0.210. The number of nitrogens with one attached hydrogen (secondary N) is 1. The molecule has 0 aliphatic carbocycles. The van der Waals surface area contributed by atoms with Crippen molar-refractivity contribution in [3.63, 3.8) is 0 Å². The maximum atomic E-state index is 11.3. The molecule has 0 spiro atoms. The first-order valence-electron chi connectivity index (χ1n) is 6.78. The summed E-state index contributed by atoms with van der Waals surface area (Å²) in [7, 11) is 0. The SMILES string of the molecule is CCN(CCCO)CCOc1ccc(C(=O)NN)cc1. The van der Waals surface area contributed by atoms with Gasteiger partial charge in [0.05, 0.1) is 0 Å². The molecule has 0 unspecified atom stereocenters. The Balaban J connectivity index is 2.36. The monoisotopic (exact) mass is 281 g/mol. The van der Waals surface area contributed by atoms with Crippen LogP contribution < -0.4 is 16.0 Å². The van der Waals surface area contributed by atoms with Crippen molar-refractivity contribution in [3.8, 4) is 5.75 Å². The number of benzene rings is 1. The largest absolute Gasteiger partial charge is 0.492 e. The lowest BCUT2D eigenvalue weighted by Gasteiger charge is -2.19. The molecule has 1 aromatic carbocycles. The summed E-state index contributed by atoms with van der Waals surface area (Å²) in [6, 6.07) is 6.82. The molecule has 0 saturated carbocycles. The van der Waals surface area contributed by atoms with Crippen molar-refractivity contribution in [2.24, 2.45) is 5.84 Å². The van der Waals surface area contributed by atoms with Crippen LogP contribution >= 0.6 is 0 Å². The lowest BCUT2D eigenvalue weighted by Crippen LogP contribution is -2.30. The Bertz CT molecular complexity index is 395. The van der Waals surface area contributed by atoms with Gasteiger partial charge in [-0.1, -0.05) is 6.92 Å². The zero-order valence-electron chi connectivity index (χ0n) is 11.8. The number of amides is 1. The molecule has 6 nitrogen and oxygen atoms in total. The van der Waals surface area contributed by atoms with E-state index in [9.17, 15) is 4.79 Å². The van der Waals surface area contributed by atoms with Crippen LogP contribution in [0.1, 0.15) is 23.7 Å². The standard InChI is InChI=1S/C14H23N3O3/c1-2-17(8-3-10-18)9-11-20-13-6-4-12(5-7-13)14(19)16-15/h4-7,18H,2-3,8-11,15H2,1H3,(H,16,19). The van der Waals surface area contributed by atoms with Crippen LogP contribution in [0.5, 0.6) is 5.75 Å². The number of carbonyl (C=O) groups excluding carboxylic acids is 1. The van der Waals surface area contributed by atoms with Crippen LogP contribution in [-0.4, -0.2) is 48.8 Å². The van der Waals surface area contributed by atoms with Crippen molar-refractivity contribution in [1.82, 2.24) is 10.3 Å². The number of ether oxygens (including phenoxy) is 1. The van der Waals surface area contributed by atoms with E-state index in [1.165, 1.54) is 0 Å². The predicted molar refractivity (Wildman–Crippen MR) is 77.4 cm³/mol. The molecule has 0 saturated heterocycles. The van der Waals surface area contributed by atoms with Crippen molar-refractivity contribution < 1.29 is 14.6 Å². The van der Waals surface area contributed by atoms with Crippen LogP contribution in [0.25, 0.3) is 0 Å². The fraction of sp³-hybridized carbons (Fsp3) is 0.500. The zero-order chi connectivity index (χ0) is 14.8. The average Bonchev–Trinajstić information content (AvgIpc) is 2.50. The Hall–Kier alpha value is -1.63. The maximum absolute atomic E-state index is 11.3. The van der Waals surface area contributed by atoms with E-state index in [4.69, 9.17) is 15.7 Å². The topological polar surface area (TPSA) is 87.8 Å². The number of likely N-dealkylation sites (N-methyl/N-ethyl adjacent to an activating group) is 1. The number of rotatable bonds is 9. The van der Waals surface area contributed by atoms with Gasteiger partial charge in [-0.15, -0.1) is 0 Å². The molecule has 0 bridgehead atoms. The predicted octanol–water partition coefficient (Wildman–Crippen LogP) is 0.373. The highest BCUT2D eigenvalue weighted by atomic mass is 16.5. The molecular weight excluding hydrogens is 258 g/mol. The molecule has 0 heterocycles. The molecule has 1 amide bonds. The average molecular weight is 281 g/mol. The normalized spacial score (nSPS) is 10.6. The van der Waals surface area contributed by atoms with E-state index < -0.39 is 0 Å². The Morgan fingerprint density at radius 3 is 2.60 bits per heavy atom. The van der Waals surface area contributed by atoms with Crippen molar-refractivity contribution >= 4 is 5.91 Å². The first kappa shape index (κ1) is 16.4. The van der Waals surface area contributed by atoms with Gasteiger partial charge in [0.1, 0.15) is 12.4 Å². The van der Waals surface area contributed by atoms with Gasteiger partial charge in [-0.3, -0.25) is 10.2 Å². The summed E-state index contributed by atoms with van der Waals surface area (Å²) in [5.74, 6) is 5.45. The van der Waals surface area contributed by atoms with Gasteiger partial charge in [-0.2, -0.15) is 0 Å². The smallest absolute Gasteiger partial charge is 0.265 e. The maximum Gasteiger partial charge on any atom is 0.265 e. The molecule has 1 rings (SSSR count). The zero-order valence-corrected chi connectivity index (χ0v) is 11.8. The molecule has 112 valence electrons. The second-order valence-electron chi connectivity index (χ2n) is 4.36. The van der Waals surface area contributed by atoms with E-state index in [0.29, 0.717) is 12.2 Å². The second kappa shape index (κ2) is 9.30. The number of aliphatic hydroxyl groups excluding tert-OH is 1. The van der Waals surface area contributed by atoms with Crippen LogP contribution in [0.2, 0.25) is 0 Å². The van der Waals surface area contributed by atoms with Gasteiger partial charge in [-0.25, -0.2) is 5.84 Å². The molecule has 1 aromatic rings. The van der Waals surface area contributed by atoms with Gasteiger partial charge < -0.3 is 14.7 Å². The summed E-state index contributed by atoms with van der Waals surface area (Å²) < 4.78 is 5.62. The number of nitrogen functional groups attached to an aromatic ring is 1. The third kappa shape index (κ3) is 5.56. The highest BCUT2D eigenvalue weighted by molar-refractivity contribution is 5.93. The van der Waals surface area contributed by atoms with Crippen LogP contribution in [0, 0.1) is 0 Å². The Morgan fingerprint density at radius 1 is 1.35 bits per heavy atom. The van der Waals surface area contributed by atoms with Crippen LogP contribution in [0.3, 0.4) is 0 Å². The van der Waals surface area contributed by atoms with Gasteiger partial charge in [0.2, 0.25) is 0 Å². The quantitative estimate of drug-likeness (QED) is 0.346. The molecule has 20 heavy (non-hydrogen) atoms. The summed E-state index contributed by atoms with van der Waals surface area (Å²) in [6.45, 7) is 5.47. The summed E-state index contributed by atoms with van der Waals surface area (Å²) in [6.07, 6.45) is 0.775. The number of aliphatic hydroxyl groups is 1. The van der Waals surface area contributed by atoms with E-state index in [-0.39, 0.29) is 12.5 Å². The number of hydrogen-bond acceptors (Lipinski definition) is 5. The number of hydrogen-bond donors (Lipinski definition) is 3. The number of hydrazine groups is 1. The first-order valence-corrected chi connectivity index (χ1v) is 6.78. The molecule has 6 heteroatoms. The van der Waals surface area contributed by atoms with Crippen LogP contribution in [0.4, 0.5) is 0 Å². The van der Waals surface area contributed by atoms with Crippen molar-refractivity contribution in [2.45, 2.75) is 13.3 Å². The minimum Gasteiger partial charge on any atom is -0.492 e. The molecule has 0 aromatic heterocycles. The van der Waals surface area contributed by atoms with Crippen LogP contribution in [-0.2, 0) is 0 Å². The summed E-state index contributed by atoms with van der Waals surface area (Å²) in [5.41, 5.74) is 2.58. The van der Waals surface area contributed by atoms with Crippen LogP contribution in [0.15, 0.2) is 24.3 Å². The van der Waals surface area contributed by atoms with Gasteiger partial charge in [0.25, 0.3) is 5.91 Å². The fourth-order valence-electron chi connectivity index (χ4n) is 1.80. The summed E-state index contributed by atoms with van der Waals surface area (Å²) in [4.78, 5) is 13.5. The van der Waals surface area contributed by atoms with Gasteiger partial charge in [-0.05, 0) is 37.2 Å². The van der Waals surface area contributed by atoms with Gasteiger partial charge in [0, 0.05) is 25.3 Å². The summed E-state index contributed by atoms with van der Waals surface area (Å²) in [5, 5.41) is 8.81. The van der Waals surface area contributed by atoms with Crippen molar-refractivity contribution in [2.75, 3.05) is 32.8 Å². The minimum atomic E-state index is -0.322. The molecule has 0 aliphatic heterocycles. The lowest BCUT2D eigenvalue weighted by molar-refractivity contribution is 0.0953. The lowest BCUT2D eigenvalue weighted by atomic mass is 10.2. The highest BCUT2D eigenvalue weighted by Gasteiger charge is 2.04. The van der Waals surface area contributed by atoms with E-state index in [0.717, 1.165) is 31.8 Å². The van der Waals surface area contributed by atoms with E-state index >= 15 is 0 Å². The van der Waals surface area contributed by atoms with Gasteiger partial charge in [0.15, 0.2) is 0 Å². The number of nitrogens with two attached hydrogens (primary N) is 1.